The number of rotatable bonds is 2. The molecule has 1 atom stereocenters. The van der Waals surface area contributed by atoms with Crippen LogP contribution in [0.25, 0.3) is 0 Å². The van der Waals surface area contributed by atoms with Gasteiger partial charge in [0.1, 0.15) is 11.5 Å². The summed E-state index contributed by atoms with van der Waals surface area (Å²) in [5.41, 5.74) is -0.753. The number of nitrogens with one attached hydrogen (secondary N) is 2. The maximum absolute atomic E-state index is 13.5. The average Bonchev–Trinajstić information content (AvgIpc) is 2.73. The van der Waals surface area contributed by atoms with Crippen LogP contribution in [0.5, 0.6) is 0 Å². The number of alkyl halides is 1. The highest BCUT2D eigenvalue weighted by molar-refractivity contribution is 5.12. The quantitative estimate of drug-likeness (QED) is 0.757. The Labute approximate surface area is 83.1 Å². The molecule has 1 saturated heterocycles. The zero-order valence-electron chi connectivity index (χ0n) is 8.60. The summed E-state index contributed by atoms with van der Waals surface area (Å²) in [6.07, 6.45) is 2.69. The van der Waals surface area contributed by atoms with Crippen molar-refractivity contribution in [1.29, 1.82) is 0 Å². The number of halogens is 1. The molecule has 2 heterocycles. The highest BCUT2D eigenvalue weighted by atomic mass is 19.1. The summed E-state index contributed by atoms with van der Waals surface area (Å²) >= 11 is 0. The van der Waals surface area contributed by atoms with Crippen LogP contribution < -0.4 is 5.32 Å². The number of imidazole rings is 1. The summed E-state index contributed by atoms with van der Waals surface area (Å²) in [4.78, 5) is 7.30. The molecule has 1 aromatic heterocycles. The van der Waals surface area contributed by atoms with Crippen LogP contribution in [0, 0.1) is 0 Å². The highest BCUT2D eigenvalue weighted by Gasteiger charge is 2.25. The van der Waals surface area contributed by atoms with Gasteiger partial charge in [-0.25, -0.2) is 9.37 Å². The molecule has 3 nitrogen and oxygen atoms in total. The van der Waals surface area contributed by atoms with Gasteiger partial charge in [-0.2, -0.15) is 0 Å². The first kappa shape index (κ1) is 9.65. The molecular formula is C10H16FN3. The van der Waals surface area contributed by atoms with Crippen molar-refractivity contribution in [3.8, 4) is 0 Å². The Bertz CT molecular complexity index is 307. The van der Waals surface area contributed by atoms with E-state index < -0.39 is 5.67 Å². The fourth-order valence-electron chi connectivity index (χ4n) is 1.73. The summed E-state index contributed by atoms with van der Waals surface area (Å²) in [6, 6.07) is 0. The number of aromatic nitrogens is 2. The van der Waals surface area contributed by atoms with Gasteiger partial charge < -0.3 is 10.3 Å². The van der Waals surface area contributed by atoms with Crippen molar-refractivity contribution in [3.05, 3.63) is 17.7 Å². The van der Waals surface area contributed by atoms with E-state index in [0.717, 1.165) is 25.3 Å². The Balaban J connectivity index is 2.17. The minimum Gasteiger partial charge on any atom is -0.343 e. The number of H-pyrrole nitrogens is 1. The fourth-order valence-corrected chi connectivity index (χ4v) is 1.73. The lowest BCUT2D eigenvalue weighted by Crippen LogP contribution is -2.11. The molecule has 4 heteroatoms. The molecule has 14 heavy (non-hydrogen) atoms. The van der Waals surface area contributed by atoms with Gasteiger partial charge in [0.2, 0.25) is 0 Å². The summed E-state index contributed by atoms with van der Waals surface area (Å²) in [5.74, 6) is 1.34. The van der Waals surface area contributed by atoms with Crippen molar-refractivity contribution in [3.63, 3.8) is 0 Å². The largest absolute Gasteiger partial charge is 0.343 e. The first-order valence-electron chi connectivity index (χ1n) is 5.02. The Kier molecular flexibility index (Phi) is 2.31. The molecule has 0 radical (unpaired) electrons. The highest BCUT2D eigenvalue weighted by Crippen LogP contribution is 2.25. The Morgan fingerprint density at radius 1 is 1.57 bits per heavy atom. The molecule has 1 aliphatic heterocycles. The summed E-state index contributed by atoms with van der Waals surface area (Å²) in [6.45, 7) is 5.05. The van der Waals surface area contributed by atoms with Gasteiger partial charge >= 0.3 is 0 Å². The van der Waals surface area contributed by atoms with Gasteiger partial charge in [-0.3, -0.25) is 0 Å². The van der Waals surface area contributed by atoms with Crippen LogP contribution in [0.2, 0.25) is 0 Å². The van der Waals surface area contributed by atoms with Crippen LogP contribution >= 0.6 is 0 Å². The number of aromatic amines is 1. The molecule has 2 N–H and O–H groups in total. The molecule has 2 rings (SSSR count). The number of nitrogens with zero attached hydrogens (tertiary/aromatic N) is 1. The van der Waals surface area contributed by atoms with Gasteiger partial charge in [-0.05, 0) is 26.8 Å². The van der Waals surface area contributed by atoms with Crippen LogP contribution in [0.15, 0.2) is 6.20 Å². The van der Waals surface area contributed by atoms with Crippen molar-refractivity contribution in [2.24, 2.45) is 0 Å². The third kappa shape index (κ3) is 1.80. The Morgan fingerprint density at radius 2 is 2.36 bits per heavy atom. The van der Waals surface area contributed by atoms with E-state index in [4.69, 9.17) is 0 Å². The summed E-state index contributed by atoms with van der Waals surface area (Å²) in [7, 11) is 0. The minimum atomic E-state index is -1.32. The standard InChI is InChI=1S/C10H16FN3/c1-10(2,11)8-6-13-9(14-8)7-3-4-12-5-7/h6-7,12H,3-5H2,1-2H3,(H,13,14). The smallest absolute Gasteiger partial charge is 0.146 e. The van der Waals surface area contributed by atoms with E-state index in [-0.39, 0.29) is 0 Å². The maximum atomic E-state index is 13.5. The zero-order valence-corrected chi connectivity index (χ0v) is 8.60. The lowest BCUT2D eigenvalue weighted by atomic mass is 10.1. The molecule has 1 aliphatic rings. The summed E-state index contributed by atoms with van der Waals surface area (Å²) in [5, 5.41) is 3.27. The zero-order chi connectivity index (χ0) is 10.2. The van der Waals surface area contributed by atoms with Gasteiger partial charge in [0, 0.05) is 12.5 Å². The van der Waals surface area contributed by atoms with E-state index in [0.29, 0.717) is 11.6 Å². The molecule has 0 spiro atoms. The molecule has 0 aliphatic carbocycles. The number of hydrogen-bond donors (Lipinski definition) is 2. The van der Waals surface area contributed by atoms with Crippen LogP contribution in [0.1, 0.15) is 37.7 Å². The van der Waals surface area contributed by atoms with Gasteiger partial charge in [0.25, 0.3) is 0 Å². The van der Waals surface area contributed by atoms with Gasteiger partial charge in [0.05, 0.1) is 11.9 Å². The lowest BCUT2D eigenvalue weighted by Gasteiger charge is -2.11. The first-order chi connectivity index (χ1) is 6.57. The summed E-state index contributed by atoms with van der Waals surface area (Å²) < 4.78 is 13.5. The minimum absolute atomic E-state index is 0.422. The molecule has 1 aromatic rings. The molecule has 1 fully saturated rings. The lowest BCUT2D eigenvalue weighted by molar-refractivity contribution is 0.215. The van der Waals surface area contributed by atoms with Crippen LogP contribution in [0.3, 0.4) is 0 Å². The van der Waals surface area contributed by atoms with Crippen molar-refractivity contribution < 1.29 is 4.39 Å². The number of hydrogen-bond acceptors (Lipinski definition) is 2. The van der Waals surface area contributed by atoms with Gasteiger partial charge in [0.15, 0.2) is 0 Å². The third-order valence-corrected chi connectivity index (χ3v) is 2.68. The molecule has 1 unspecified atom stereocenters. The molecular weight excluding hydrogens is 181 g/mol. The topological polar surface area (TPSA) is 40.7 Å². The van der Waals surface area contributed by atoms with Crippen LogP contribution in [0.4, 0.5) is 4.39 Å². The van der Waals surface area contributed by atoms with Gasteiger partial charge in [-0.1, -0.05) is 0 Å². The monoisotopic (exact) mass is 197 g/mol. The van der Waals surface area contributed by atoms with Crippen molar-refractivity contribution >= 4 is 0 Å². The van der Waals surface area contributed by atoms with Crippen LogP contribution in [-0.2, 0) is 5.67 Å². The first-order valence-corrected chi connectivity index (χ1v) is 5.02. The predicted octanol–water partition coefficient (Wildman–Crippen LogP) is 1.69. The maximum Gasteiger partial charge on any atom is 0.146 e. The Hall–Kier alpha value is -0.900. The van der Waals surface area contributed by atoms with Crippen LogP contribution in [-0.4, -0.2) is 23.1 Å². The van der Waals surface area contributed by atoms with E-state index >= 15 is 0 Å². The normalized spacial score (nSPS) is 22.9. The SMILES string of the molecule is CC(C)(F)c1cnc(C2CCNC2)[nH]1. The van der Waals surface area contributed by atoms with Crippen molar-refractivity contribution in [2.75, 3.05) is 13.1 Å². The van der Waals surface area contributed by atoms with Crippen molar-refractivity contribution in [2.45, 2.75) is 31.9 Å². The van der Waals surface area contributed by atoms with E-state index in [1.165, 1.54) is 13.8 Å². The Morgan fingerprint density at radius 3 is 2.86 bits per heavy atom. The predicted molar refractivity (Wildman–Crippen MR) is 52.9 cm³/mol. The van der Waals surface area contributed by atoms with E-state index in [2.05, 4.69) is 15.3 Å². The van der Waals surface area contributed by atoms with E-state index in [9.17, 15) is 4.39 Å². The van der Waals surface area contributed by atoms with Gasteiger partial charge in [-0.15, -0.1) is 0 Å². The molecule has 0 saturated carbocycles. The third-order valence-electron chi connectivity index (χ3n) is 2.68. The molecule has 0 aromatic carbocycles. The van der Waals surface area contributed by atoms with E-state index in [1.807, 2.05) is 0 Å². The van der Waals surface area contributed by atoms with Crippen molar-refractivity contribution in [1.82, 2.24) is 15.3 Å². The fraction of sp³-hybridized carbons (Fsp3) is 0.700. The average molecular weight is 197 g/mol. The second-order valence-electron chi connectivity index (χ2n) is 4.34. The molecule has 78 valence electrons. The van der Waals surface area contributed by atoms with E-state index in [1.54, 1.807) is 6.20 Å². The molecule has 0 amide bonds. The second kappa shape index (κ2) is 3.35. The molecule has 0 bridgehead atoms. The second-order valence-corrected chi connectivity index (χ2v) is 4.34.